The largest absolute Gasteiger partial charge is 0.357 e. The van der Waals surface area contributed by atoms with Gasteiger partial charge in [-0.05, 0) is 12.5 Å². The van der Waals surface area contributed by atoms with E-state index in [9.17, 15) is 10.1 Å². The first-order valence-electron chi connectivity index (χ1n) is 7.12. The number of rotatable bonds is 5. The lowest BCUT2D eigenvalue weighted by atomic mass is 10.1. The third-order valence-corrected chi connectivity index (χ3v) is 4.29. The van der Waals surface area contributed by atoms with Crippen molar-refractivity contribution >= 4 is 22.2 Å². The quantitative estimate of drug-likeness (QED) is 0.548. The molecule has 0 aliphatic carbocycles. The average Bonchev–Trinajstić information content (AvgIpc) is 3.03. The number of aromatic nitrogens is 1. The normalized spacial score (nSPS) is 10.5. The van der Waals surface area contributed by atoms with Crippen LogP contribution in [0.3, 0.4) is 0 Å². The Balaban J connectivity index is 1.77. The van der Waals surface area contributed by atoms with Crippen molar-refractivity contribution in [2.75, 3.05) is 5.32 Å². The summed E-state index contributed by atoms with van der Waals surface area (Å²) < 4.78 is 0. The van der Waals surface area contributed by atoms with Gasteiger partial charge in [0, 0.05) is 29.1 Å². The number of benzene rings is 2. The molecule has 1 N–H and O–H groups in total. The molecule has 0 radical (unpaired) electrons. The van der Waals surface area contributed by atoms with Crippen molar-refractivity contribution in [3.63, 3.8) is 0 Å². The molecule has 6 heteroatoms. The molecule has 0 aliphatic heterocycles. The fraction of sp³-hybridized carbons (Fsp3) is 0.118. The van der Waals surface area contributed by atoms with Crippen molar-refractivity contribution in [1.82, 2.24) is 4.98 Å². The van der Waals surface area contributed by atoms with E-state index in [4.69, 9.17) is 0 Å². The number of hydrogen-bond acceptors (Lipinski definition) is 5. The van der Waals surface area contributed by atoms with Crippen LogP contribution in [0.5, 0.6) is 0 Å². The minimum atomic E-state index is -0.361. The highest BCUT2D eigenvalue weighted by Gasteiger charge is 2.13. The molecular weight excluding hydrogens is 310 g/mol. The second-order valence-corrected chi connectivity index (χ2v) is 5.99. The summed E-state index contributed by atoms with van der Waals surface area (Å²) in [4.78, 5) is 15.2. The summed E-state index contributed by atoms with van der Waals surface area (Å²) in [6.07, 6.45) is 0. The molecule has 5 nitrogen and oxygen atoms in total. The number of hydrogen-bond donors (Lipinski definition) is 1. The summed E-state index contributed by atoms with van der Waals surface area (Å²) >= 11 is 1.49. The molecule has 1 heterocycles. The average molecular weight is 325 g/mol. The molecule has 0 aliphatic rings. The van der Waals surface area contributed by atoms with Crippen LogP contribution < -0.4 is 5.32 Å². The Labute approximate surface area is 137 Å². The van der Waals surface area contributed by atoms with Crippen molar-refractivity contribution in [3.8, 4) is 11.3 Å². The van der Waals surface area contributed by atoms with Crippen LogP contribution >= 0.6 is 11.3 Å². The van der Waals surface area contributed by atoms with Crippen LogP contribution in [0, 0.1) is 17.0 Å². The molecule has 0 spiro atoms. The first-order valence-corrected chi connectivity index (χ1v) is 8.00. The van der Waals surface area contributed by atoms with Gasteiger partial charge in [0.1, 0.15) is 0 Å². The van der Waals surface area contributed by atoms with E-state index in [1.807, 2.05) is 41.8 Å². The molecule has 23 heavy (non-hydrogen) atoms. The van der Waals surface area contributed by atoms with Crippen LogP contribution in [0.2, 0.25) is 0 Å². The van der Waals surface area contributed by atoms with Gasteiger partial charge < -0.3 is 5.32 Å². The van der Waals surface area contributed by atoms with Gasteiger partial charge in [0.2, 0.25) is 0 Å². The van der Waals surface area contributed by atoms with Gasteiger partial charge in [0.05, 0.1) is 10.6 Å². The van der Waals surface area contributed by atoms with E-state index in [1.54, 1.807) is 19.1 Å². The Morgan fingerprint density at radius 2 is 2.00 bits per heavy atom. The number of thiazole rings is 1. The predicted octanol–water partition coefficient (Wildman–Crippen LogP) is 4.64. The number of nitro groups is 1. The van der Waals surface area contributed by atoms with Crippen LogP contribution in [-0.2, 0) is 6.54 Å². The monoisotopic (exact) mass is 325 g/mol. The van der Waals surface area contributed by atoms with Gasteiger partial charge in [0.15, 0.2) is 5.13 Å². The summed E-state index contributed by atoms with van der Waals surface area (Å²) in [6, 6.07) is 15.3. The van der Waals surface area contributed by atoms with E-state index >= 15 is 0 Å². The Hall–Kier alpha value is -2.73. The number of nitrogens with one attached hydrogen (secondary N) is 1. The molecule has 0 bridgehead atoms. The highest BCUT2D eigenvalue weighted by atomic mass is 32.1. The lowest BCUT2D eigenvalue weighted by Gasteiger charge is -2.02. The number of aryl methyl sites for hydroxylation is 1. The molecule has 0 saturated carbocycles. The van der Waals surface area contributed by atoms with Gasteiger partial charge in [-0.3, -0.25) is 10.1 Å². The molecule has 0 atom stereocenters. The van der Waals surface area contributed by atoms with Crippen LogP contribution in [0.4, 0.5) is 10.8 Å². The summed E-state index contributed by atoms with van der Waals surface area (Å²) in [5.74, 6) is 0. The minimum Gasteiger partial charge on any atom is -0.357 e. The summed E-state index contributed by atoms with van der Waals surface area (Å²) in [7, 11) is 0. The molecule has 116 valence electrons. The third-order valence-electron chi connectivity index (χ3n) is 3.49. The molecule has 0 saturated heterocycles. The Bertz CT molecular complexity index is 831. The fourth-order valence-corrected chi connectivity index (χ4v) is 2.95. The summed E-state index contributed by atoms with van der Waals surface area (Å²) in [6.45, 7) is 2.43. The lowest BCUT2D eigenvalue weighted by Crippen LogP contribution is -1.98. The number of nitro benzene ring substituents is 1. The maximum Gasteiger partial charge on any atom is 0.272 e. The third kappa shape index (κ3) is 3.54. The molecule has 3 rings (SSSR count). The van der Waals surface area contributed by atoms with E-state index in [1.165, 1.54) is 16.9 Å². The van der Waals surface area contributed by atoms with E-state index in [-0.39, 0.29) is 10.6 Å². The molecular formula is C17H15N3O2S. The van der Waals surface area contributed by atoms with Crippen molar-refractivity contribution in [3.05, 3.63) is 75.2 Å². The summed E-state index contributed by atoms with van der Waals surface area (Å²) in [5, 5.41) is 17.0. The highest BCUT2D eigenvalue weighted by Crippen LogP contribution is 2.29. The molecule has 0 fully saturated rings. The zero-order valence-electron chi connectivity index (χ0n) is 12.5. The van der Waals surface area contributed by atoms with Crippen LogP contribution in [-0.4, -0.2) is 9.91 Å². The number of nitrogens with zero attached hydrogens (tertiary/aromatic N) is 2. The molecule has 1 aromatic heterocycles. The van der Waals surface area contributed by atoms with E-state index < -0.39 is 0 Å². The highest BCUT2D eigenvalue weighted by molar-refractivity contribution is 7.14. The van der Waals surface area contributed by atoms with E-state index in [2.05, 4.69) is 10.3 Å². The van der Waals surface area contributed by atoms with Gasteiger partial charge in [-0.2, -0.15) is 0 Å². The van der Waals surface area contributed by atoms with Gasteiger partial charge in [-0.25, -0.2) is 4.98 Å². The van der Waals surface area contributed by atoms with Gasteiger partial charge in [0.25, 0.3) is 5.69 Å². The van der Waals surface area contributed by atoms with Crippen molar-refractivity contribution in [2.24, 2.45) is 0 Å². The molecule has 0 amide bonds. The second kappa shape index (κ2) is 6.58. The topological polar surface area (TPSA) is 68.1 Å². The van der Waals surface area contributed by atoms with Gasteiger partial charge in [-0.1, -0.05) is 42.5 Å². The Morgan fingerprint density at radius 1 is 1.22 bits per heavy atom. The zero-order valence-corrected chi connectivity index (χ0v) is 13.3. The Kier molecular flexibility index (Phi) is 4.34. The minimum absolute atomic E-state index is 0.120. The molecule has 3 aromatic rings. The van der Waals surface area contributed by atoms with Crippen LogP contribution in [0.25, 0.3) is 11.3 Å². The van der Waals surface area contributed by atoms with Gasteiger partial charge in [-0.15, -0.1) is 11.3 Å². The van der Waals surface area contributed by atoms with Gasteiger partial charge >= 0.3 is 0 Å². The van der Waals surface area contributed by atoms with Crippen molar-refractivity contribution < 1.29 is 4.92 Å². The standard InChI is InChI=1S/C17H15N3O2S/c1-12-7-8-14(9-16(12)20(21)22)15-11-23-17(19-15)18-10-13-5-3-2-4-6-13/h2-9,11H,10H2,1H3,(H,18,19). The van der Waals surface area contributed by atoms with Crippen molar-refractivity contribution in [2.45, 2.75) is 13.5 Å². The summed E-state index contributed by atoms with van der Waals surface area (Å²) in [5.41, 5.74) is 3.45. The first kappa shape index (κ1) is 15.2. The predicted molar refractivity (Wildman–Crippen MR) is 92.7 cm³/mol. The van der Waals surface area contributed by atoms with E-state index in [0.29, 0.717) is 12.1 Å². The smallest absolute Gasteiger partial charge is 0.272 e. The van der Waals surface area contributed by atoms with E-state index in [0.717, 1.165) is 16.4 Å². The molecule has 0 unspecified atom stereocenters. The van der Waals surface area contributed by atoms with Crippen LogP contribution in [0.1, 0.15) is 11.1 Å². The first-order chi connectivity index (χ1) is 11.1. The second-order valence-electron chi connectivity index (χ2n) is 5.14. The fourth-order valence-electron chi connectivity index (χ4n) is 2.23. The molecule has 2 aromatic carbocycles. The zero-order chi connectivity index (χ0) is 16.2. The lowest BCUT2D eigenvalue weighted by molar-refractivity contribution is -0.385. The Morgan fingerprint density at radius 3 is 2.74 bits per heavy atom. The number of anilines is 1. The maximum absolute atomic E-state index is 11.0. The van der Waals surface area contributed by atoms with Crippen molar-refractivity contribution in [1.29, 1.82) is 0 Å². The van der Waals surface area contributed by atoms with Crippen LogP contribution in [0.15, 0.2) is 53.9 Å². The SMILES string of the molecule is Cc1ccc(-c2csc(NCc3ccccc3)n2)cc1[N+](=O)[O-]. The maximum atomic E-state index is 11.0.